The van der Waals surface area contributed by atoms with E-state index < -0.39 is 0 Å². The van der Waals surface area contributed by atoms with Crippen LogP contribution in [0.2, 0.25) is 0 Å². The van der Waals surface area contributed by atoms with Gasteiger partial charge < -0.3 is 25.2 Å². The maximum Gasteiger partial charge on any atom is 0.194 e. The Hall–Kier alpha value is -2.42. The Balaban J connectivity index is 0.00000225. The molecule has 0 radical (unpaired) electrons. The van der Waals surface area contributed by atoms with Gasteiger partial charge in [0.2, 0.25) is 0 Å². The fourth-order valence-electron chi connectivity index (χ4n) is 3.63. The van der Waals surface area contributed by atoms with Crippen LogP contribution in [0, 0.1) is 0 Å². The number of rotatable bonds is 3. The van der Waals surface area contributed by atoms with Crippen molar-refractivity contribution in [3.8, 4) is 5.75 Å². The molecule has 28 heavy (non-hydrogen) atoms. The lowest BCUT2D eigenvalue weighted by Gasteiger charge is -2.37. The van der Waals surface area contributed by atoms with Crippen molar-refractivity contribution in [2.24, 2.45) is 4.99 Å². The first-order chi connectivity index (χ1) is 13.2. The average molecular weight is 491 g/mol. The fraction of sp³-hybridized carbons (Fsp3) is 0.286. The van der Waals surface area contributed by atoms with E-state index in [4.69, 9.17) is 0 Å². The van der Waals surface area contributed by atoms with Crippen molar-refractivity contribution in [3.63, 3.8) is 0 Å². The number of aromatic amines is 1. The van der Waals surface area contributed by atoms with Crippen LogP contribution in [0.25, 0.3) is 10.9 Å². The number of fused-ring (bicyclic) bond motifs is 1. The monoisotopic (exact) mass is 491 g/mol. The molecule has 1 fully saturated rings. The van der Waals surface area contributed by atoms with Gasteiger partial charge in [-0.05, 0) is 29.7 Å². The summed E-state index contributed by atoms with van der Waals surface area (Å²) >= 11 is 0. The van der Waals surface area contributed by atoms with Crippen LogP contribution in [0.5, 0.6) is 5.75 Å². The van der Waals surface area contributed by atoms with E-state index in [0.717, 1.165) is 49.0 Å². The maximum absolute atomic E-state index is 10.1. The number of H-pyrrole nitrogens is 1. The molecule has 3 N–H and O–H groups in total. The van der Waals surface area contributed by atoms with E-state index in [1.54, 1.807) is 6.07 Å². The van der Waals surface area contributed by atoms with Gasteiger partial charge in [-0.25, -0.2) is 0 Å². The van der Waals surface area contributed by atoms with Gasteiger partial charge in [0.05, 0.1) is 12.2 Å². The van der Waals surface area contributed by atoms with E-state index in [9.17, 15) is 5.11 Å². The summed E-state index contributed by atoms with van der Waals surface area (Å²) in [6.07, 6.45) is 0. The second-order valence-electron chi connectivity index (χ2n) is 6.75. The summed E-state index contributed by atoms with van der Waals surface area (Å²) in [5, 5.41) is 14.7. The number of piperazine rings is 1. The highest BCUT2D eigenvalue weighted by atomic mass is 127. The molecule has 2 heterocycles. The highest BCUT2D eigenvalue weighted by Gasteiger charge is 2.21. The van der Waals surface area contributed by atoms with Crippen molar-refractivity contribution in [2.45, 2.75) is 6.54 Å². The number of para-hydroxylation sites is 3. The summed E-state index contributed by atoms with van der Waals surface area (Å²) in [7, 11) is 1.82. The Kier molecular flexibility index (Phi) is 6.66. The minimum Gasteiger partial charge on any atom is -0.506 e. The number of guanidine groups is 1. The number of aliphatic imine (C=N–C) groups is 1. The highest BCUT2D eigenvalue weighted by molar-refractivity contribution is 14.0. The van der Waals surface area contributed by atoms with Crippen LogP contribution in [-0.2, 0) is 6.54 Å². The van der Waals surface area contributed by atoms with Gasteiger partial charge >= 0.3 is 0 Å². The molecule has 0 aliphatic carbocycles. The minimum atomic E-state index is 0. The number of halogens is 1. The maximum atomic E-state index is 10.1. The van der Waals surface area contributed by atoms with Crippen LogP contribution < -0.4 is 10.2 Å². The Bertz CT molecular complexity index is 914. The molecular weight excluding hydrogens is 465 g/mol. The zero-order valence-corrected chi connectivity index (χ0v) is 18.3. The molecule has 0 unspecified atom stereocenters. The molecule has 0 amide bonds. The van der Waals surface area contributed by atoms with Crippen LogP contribution in [-0.4, -0.2) is 54.2 Å². The van der Waals surface area contributed by atoms with Gasteiger partial charge in [0.15, 0.2) is 5.96 Å². The number of benzene rings is 2. The first-order valence-electron chi connectivity index (χ1n) is 9.30. The Labute approximate surface area is 182 Å². The molecule has 1 aliphatic rings. The summed E-state index contributed by atoms with van der Waals surface area (Å²) in [6, 6.07) is 18.0. The third-order valence-electron chi connectivity index (χ3n) is 5.04. The molecule has 0 atom stereocenters. The molecular formula is C21H26IN5O. The number of aromatic hydroxyl groups is 1. The number of hydrogen-bond acceptors (Lipinski definition) is 3. The summed E-state index contributed by atoms with van der Waals surface area (Å²) in [5.41, 5.74) is 3.20. The Morgan fingerprint density at radius 2 is 1.79 bits per heavy atom. The zero-order chi connectivity index (χ0) is 18.6. The van der Waals surface area contributed by atoms with Gasteiger partial charge in [-0.15, -0.1) is 24.0 Å². The molecule has 6 nitrogen and oxygen atoms in total. The first kappa shape index (κ1) is 20.3. The summed E-state index contributed by atoms with van der Waals surface area (Å²) in [4.78, 5) is 12.4. The van der Waals surface area contributed by atoms with E-state index >= 15 is 0 Å². The average Bonchev–Trinajstić information content (AvgIpc) is 3.12. The molecule has 1 aliphatic heterocycles. The summed E-state index contributed by atoms with van der Waals surface area (Å²) in [5.74, 6) is 1.25. The molecule has 1 aromatic heterocycles. The molecule has 0 bridgehead atoms. The predicted octanol–water partition coefficient (Wildman–Crippen LogP) is 3.39. The molecule has 1 saturated heterocycles. The summed E-state index contributed by atoms with van der Waals surface area (Å²) in [6.45, 7) is 4.14. The third kappa shape index (κ3) is 4.35. The molecule has 0 saturated carbocycles. The number of aromatic nitrogens is 1. The molecule has 3 aromatic rings. The number of nitrogens with zero attached hydrogens (tertiary/aromatic N) is 3. The van der Waals surface area contributed by atoms with Gasteiger partial charge in [0.1, 0.15) is 5.75 Å². The third-order valence-corrected chi connectivity index (χ3v) is 5.04. The van der Waals surface area contributed by atoms with Crippen molar-refractivity contribution >= 4 is 46.5 Å². The van der Waals surface area contributed by atoms with E-state index in [0.29, 0.717) is 12.3 Å². The lowest BCUT2D eigenvalue weighted by Crippen LogP contribution is -2.52. The lowest BCUT2D eigenvalue weighted by molar-refractivity contribution is 0.369. The van der Waals surface area contributed by atoms with Crippen molar-refractivity contribution in [2.75, 3.05) is 38.1 Å². The van der Waals surface area contributed by atoms with Crippen molar-refractivity contribution in [1.82, 2.24) is 15.2 Å². The van der Waals surface area contributed by atoms with Crippen molar-refractivity contribution in [1.29, 1.82) is 0 Å². The summed E-state index contributed by atoms with van der Waals surface area (Å²) < 4.78 is 0. The SMILES string of the molecule is CN=C(NCc1cc2ccccc2[nH]1)N1CCN(c2ccccc2O)CC1.I. The van der Waals surface area contributed by atoms with Gasteiger partial charge in [0.25, 0.3) is 0 Å². The Morgan fingerprint density at radius 1 is 1.07 bits per heavy atom. The van der Waals surface area contributed by atoms with Crippen molar-refractivity contribution < 1.29 is 5.11 Å². The van der Waals surface area contributed by atoms with Gasteiger partial charge in [-0.2, -0.15) is 0 Å². The zero-order valence-electron chi connectivity index (χ0n) is 15.9. The molecule has 0 spiro atoms. The molecule has 7 heteroatoms. The number of nitrogens with one attached hydrogen (secondary N) is 2. The number of hydrogen-bond donors (Lipinski definition) is 3. The Morgan fingerprint density at radius 3 is 2.50 bits per heavy atom. The van der Waals surface area contributed by atoms with Gasteiger partial charge in [0, 0.05) is 44.4 Å². The van der Waals surface area contributed by atoms with E-state index in [1.165, 1.54) is 5.39 Å². The van der Waals surface area contributed by atoms with E-state index in [-0.39, 0.29) is 24.0 Å². The highest BCUT2D eigenvalue weighted by Crippen LogP contribution is 2.27. The second kappa shape index (κ2) is 9.18. The van der Waals surface area contributed by atoms with Crippen LogP contribution in [0.1, 0.15) is 5.69 Å². The number of phenolic OH excluding ortho intramolecular Hbond substituents is 1. The molecule has 4 rings (SSSR count). The van der Waals surface area contributed by atoms with Crippen LogP contribution in [0.4, 0.5) is 5.69 Å². The number of anilines is 1. The van der Waals surface area contributed by atoms with Gasteiger partial charge in [-0.1, -0.05) is 30.3 Å². The largest absolute Gasteiger partial charge is 0.506 e. The molecule has 148 valence electrons. The number of phenols is 1. The van der Waals surface area contributed by atoms with Crippen LogP contribution in [0.3, 0.4) is 0 Å². The predicted molar refractivity (Wildman–Crippen MR) is 126 cm³/mol. The smallest absolute Gasteiger partial charge is 0.194 e. The second-order valence-corrected chi connectivity index (χ2v) is 6.75. The minimum absolute atomic E-state index is 0. The van der Waals surface area contributed by atoms with E-state index in [1.807, 2.05) is 31.3 Å². The van der Waals surface area contributed by atoms with Crippen LogP contribution >= 0.6 is 24.0 Å². The first-order valence-corrected chi connectivity index (χ1v) is 9.30. The van der Waals surface area contributed by atoms with Gasteiger partial charge in [-0.3, -0.25) is 4.99 Å². The fourth-order valence-corrected chi connectivity index (χ4v) is 3.63. The molecule has 2 aromatic carbocycles. The lowest BCUT2D eigenvalue weighted by atomic mass is 10.2. The van der Waals surface area contributed by atoms with Crippen molar-refractivity contribution in [3.05, 3.63) is 60.3 Å². The standard InChI is InChI=1S/C21H25N5O.HI/c1-22-21(23-15-17-14-16-6-2-3-7-18(16)24-17)26-12-10-25(11-13-26)19-8-4-5-9-20(19)27;/h2-9,14,24,27H,10-13,15H2,1H3,(H,22,23);1H. The topological polar surface area (TPSA) is 66.9 Å². The normalized spacial score (nSPS) is 14.8. The van der Waals surface area contributed by atoms with E-state index in [2.05, 4.69) is 49.4 Å². The quantitative estimate of drug-likeness (QED) is 0.299. The van der Waals surface area contributed by atoms with Crippen LogP contribution in [0.15, 0.2) is 59.6 Å².